The summed E-state index contributed by atoms with van der Waals surface area (Å²) in [7, 11) is 0. The Hall–Kier alpha value is -0.570. The number of aryl methyl sites for hydroxylation is 1. The summed E-state index contributed by atoms with van der Waals surface area (Å²) in [5.41, 5.74) is 8.83. The Labute approximate surface area is 110 Å². The fraction of sp³-hybridized carbons (Fsp3) is 0.571. The minimum absolute atomic E-state index is 0. The summed E-state index contributed by atoms with van der Waals surface area (Å²) in [6.45, 7) is 4.05. The Balaban J connectivity index is 0.00000144. The zero-order valence-electron chi connectivity index (χ0n) is 10.5. The largest absolute Gasteiger partial charge is 0.319 e. The summed E-state index contributed by atoms with van der Waals surface area (Å²) in [5.74, 6) is 0. The Morgan fingerprint density at radius 2 is 1.82 bits per heavy atom. The van der Waals surface area contributed by atoms with Gasteiger partial charge in [-0.15, -0.1) is 12.4 Å². The molecule has 0 aromatic heterocycles. The van der Waals surface area contributed by atoms with Crippen LogP contribution in [0.4, 0.5) is 0 Å². The summed E-state index contributed by atoms with van der Waals surface area (Å²) in [6, 6.07) is 8.86. The molecular weight excluding hydrogens is 232 g/mol. The van der Waals surface area contributed by atoms with Gasteiger partial charge in [-0.3, -0.25) is 0 Å². The second-order valence-corrected chi connectivity index (χ2v) is 4.91. The number of hydrogen-bond donors (Lipinski definition) is 2. The van der Waals surface area contributed by atoms with Crippen LogP contribution in [0, 0.1) is 0 Å². The molecule has 0 spiro atoms. The number of hydrogen-bond acceptors (Lipinski definition) is 2. The number of unbranched alkanes of at least 4 members (excludes halogenated alkanes) is 2. The van der Waals surface area contributed by atoms with E-state index in [2.05, 4.69) is 36.5 Å². The minimum Gasteiger partial charge on any atom is -0.319 e. The highest BCUT2D eigenvalue weighted by atomic mass is 35.5. The first-order valence-corrected chi connectivity index (χ1v) is 6.33. The summed E-state index contributed by atoms with van der Waals surface area (Å²) in [4.78, 5) is 0. The molecule has 1 heterocycles. The van der Waals surface area contributed by atoms with Gasteiger partial charge in [-0.1, -0.05) is 44.0 Å². The molecule has 1 aromatic carbocycles. The summed E-state index contributed by atoms with van der Waals surface area (Å²) in [5, 5.41) is 3.23. The van der Waals surface area contributed by atoms with Crippen molar-refractivity contribution in [2.24, 2.45) is 5.73 Å². The van der Waals surface area contributed by atoms with E-state index in [-0.39, 0.29) is 17.9 Å². The molecule has 0 amide bonds. The lowest BCUT2D eigenvalue weighted by molar-refractivity contribution is 0.287. The number of nitrogens with two attached hydrogens (primary N) is 1. The standard InChI is InChI=1S/C14H22N2.ClH/c1-2-3-4-5-12-6-8-13(9-7-12)14(15)10-16-11-14;/h6-9,16H,2-5,10-11,15H2,1H3;1H. The Morgan fingerprint density at radius 1 is 1.18 bits per heavy atom. The number of benzene rings is 1. The van der Waals surface area contributed by atoms with Crippen LogP contribution in [0.2, 0.25) is 0 Å². The molecule has 1 aliphatic heterocycles. The van der Waals surface area contributed by atoms with Crippen molar-refractivity contribution in [2.45, 2.75) is 38.1 Å². The lowest BCUT2D eigenvalue weighted by Crippen LogP contribution is -2.62. The highest BCUT2D eigenvalue weighted by Crippen LogP contribution is 2.22. The molecule has 0 saturated carbocycles. The third kappa shape index (κ3) is 3.44. The van der Waals surface area contributed by atoms with E-state index in [0.29, 0.717) is 0 Å². The number of rotatable bonds is 5. The first-order chi connectivity index (χ1) is 7.74. The molecule has 1 aromatic rings. The van der Waals surface area contributed by atoms with Crippen molar-refractivity contribution in [3.05, 3.63) is 35.4 Å². The number of halogens is 1. The highest BCUT2D eigenvalue weighted by Gasteiger charge is 2.33. The maximum Gasteiger partial charge on any atom is 0.0662 e. The smallest absolute Gasteiger partial charge is 0.0662 e. The normalized spacial score (nSPS) is 17.1. The van der Waals surface area contributed by atoms with Gasteiger partial charge in [0.1, 0.15) is 0 Å². The monoisotopic (exact) mass is 254 g/mol. The molecule has 1 saturated heterocycles. The Kier molecular flexibility index (Phi) is 5.44. The molecular formula is C14H23ClN2. The molecule has 1 fully saturated rings. The van der Waals surface area contributed by atoms with Gasteiger partial charge in [-0.25, -0.2) is 0 Å². The van der Waals surface area contributed by atoms with Crippen LogP contribution in [0.25, 0.3) is 0 Å². The summed E-state index contributed by atoms with van der Waals surface area (Å²) < 4.78 is 0. The van der Waals surface area contributed by atoms with Crippen LogP contribution < -0.4 is 11.1 Å². The molecule has 1 aliphatic rings. The quantitative estimate of drug-likeness (QED) is 0.793. The lowest BCUT2D eigenvalue weighted by Gasteiger charge is -2.39. The zero-order chi connectivity index (χ0) is 11.4. The fourth-order valence-corrected chi connectivity index (χ4v) is 2.18. The predicted molar refractivity (Wildman–Crippen MR) is 75.7 cm³/mol. The van der Waals surface area contributed by atoms with Crippen LogP contribution in [-0.4, -0.2) is 13.1 Å². The second kappa shape index (κ2) is 6.39. The van der Waals surface area contributed by atoms with E-state index in [1.165, 1.54) is 36.8 Å². The average molecular weight is 255 g/mol. The first kappa shape index (κ1) is 14.5. The molecule has 0 bridgehead atoms. The van der Waals surface area contributed by atoms with Crippen molar-refractivity contribution in [3.8, 4) is 0 Å². The topological polar surface area (TPSA) is 38.0 Å². The Bertz CT molecular complexity index is 331. The third-order valence-electron chi connectivity index (χ3n) is 3.48. The van der Waals surface area contributed by atoms with Gasteiger partial charge in [0.2, 0.25) is 0 Å². The van der Waals surface area contributed by atoms with Gasteiger partial charge in [0.25, 0.3) is 0 Å². The zero-order valence-corrected chi connectivity index (χ0v) is 11.4. The van der Waals surface area contributed by atoms with Crippen molar-refractivity contribution in [1.82, 2.24) is 5.32 Å². The van der Waals surface area contributed by atoms with Crippen molar-refractivity contribution in [1.29, 1.82) is 0 Å². The van der Waals surface area contributed by atoms with E-state index >= 15 is 0 Å². The molecule has 3 heteroatoms. The maximum atomic E-state index is 6.23. The highest BCUT2D eigenvalue weighted by molar-refractivity contribution is 5.85. The van der Waals surface area contributed by atoms with Gasteiger partial charge in [0.15, 0.2) is 0 Å². The summed E-state index contributed by atoms with van der Waals surface area (Å²) >= 11 is 0. The van der Waals surface area contributed by atoms with E-state index in [0.717, 1.165) is 13.1 Å². The molecule has 0 atom stereocenters. The SMILES string of the molecule is CCCCCc1ccc(C2(N)CNC2)cc1.Cl. The first-order valence-electron chi connectivity index (χ1n) is 6.33. The van der Waals surface area contributed by atoms with Crippen LogP contribution in [-0.2, 0) is 12.0 Å². The third-order valence-corrected chi connectivity index (χ3v) is 3.48. The predicted octanol–water partition coefficient (Wildman–Crippen LogP) is 2.60. The van der Waals surface area contributed by atoms with E-state index in [1.54, 1.807) is 0 Å². The lowest BCUT2D eigenvalue weighted by atomic mass is 9.85. The average Bonchev–Trinajstić information content (AvgIpc) is 2.27. The molecule has 2 rings (SSSR count). The van der Waals surface area contributed by atoms with Crippen molar-refractivity contribution < 1.29 is 0 Å². The van der Waals surface area contributed by atoms with Crippen LogP contribution in [0.5, 0.6) is 0 Å². The molecule has 0 unspecified atom stereocenters. The molecule has 17 heavy (non-hydrogen) atoms. The molecule has 0 aliphatic carbocycles. The van der Waals surface area contributed by atoms with Gasteiger partial charge >= 0.3 is 0 Å². The van der Waals surface area contributed by atoms with Crippen molar-refractivity contribution >= 4 is 12.4 Å². The summed E-state index contributed by atoms with van der Waals surface area (Å²) in [6.07, 6.45) is 5.11. The van der Waals surface area contributed by atoms with Gasteiger partial charge in [-0.2, -0.15) is 0 Å². The van der Waals surface area contributed by atoms with E-state index in [4.69, 9.17) is 5.73 Å². The van der Waals surface area contributed by atoms with E-state index in [9.17, 15) is 0 Å². The molecule has 3 N–H and O–H groups in total. The van der Waals surface area contributed by atoms with Crippen LogP contribution in [0.3, 0.4) is 0 Å². The van der Waals surface area contributed by atoms with Gasteiger partial charge in [0.05, 0.1) is 5.54 Å². The second-order valence-electron chi connectivity index (χ2n) is 4.91. The van der Waals surface area contributed by atoms with Crippen LogP contribution in [0.15, 0.2) is 24.3 Å². The minimum atomic E-state index is -0.109. The van der Waals surface area contributed by atoms with Crippen LogP contribution >= 0.6 is 12.4 Å². The Morgan fingerprint density at radius 3 is 2.29 bits per heavy atom. The van der Waals surface area contributed by atoms with E-state index < -0.39 is 0 Å². The van der Waals surface area contributed by atoms with Gasteiger partial charge < -0.3 is 11.1 Å². The van der Waals surface area contributed by atoms with Crippen molar-refractivity contribution in [2.75, 3.05) is 13.1 Å². The van der Waals surface area contributed by atoms with Gasteiger partial charge in [-0.05, 0) is 24.0 Å². The maximum absolute atomic E-state index is 6.23. The van der Waals surface area contributed by atoms with Gasteiger partial charge in [0, 0.05) is 13.1 Å². The molecule has 0 radical (unpaired) electrons. The fourth-order valence-electron chi connectivity index (χ4n) is 2.18. The van der Waals surface area contributed by atoms with E-state index in [1.807, 2.05) is 0 Å². The number of nitrogens with one attached hydrogen (secondary N) is 1. The van der Waals surface area contributed by atoms with Crippen molar-refractivity contribution in [3.63, 3.8) is 0 Å². The molecule has 96 valence electrons. The van der Waals surface area contributed by atoms with Crippen LogP contribution in [0.1, 0.15) is 37.3 Å². The molecule has 2 nitrogen and oxygen atoms in total.